The fraction of sp³-hybridized carbons (Fsp3) is 0. The molecule has 5 heteroatoms. The van der Waals surface area contributed by atoms with Crippen LogP contribution in [0.1, 0.15) is 1.43 Å². The van der Waals surface area contributed by atoms with Crippen LogP contribution in [-0.4, -0.2) is 14.7 Å². The van der Waals surface area contributed by atoms with Crippen molar-refractivity contribution in [2.75, 3.05) is 0 Å². The quantitative estimate of drug-likeness (QED) is 0.212. The average Bonchev–Trinajstić information content (AvgIpc) is 0.811. The smallest absolute Gasteiger partial charge is 1.00 e. The number of rotatable bonds is 0. The van der Waals surface area contributed by atoms with Gasteiger partial charge in [0.1, 0.15) is 0 Å². The Labute approximate surface area is 44.3 Å². The van der Waals surface area contributed by atoms with E-state index in [4.69, 9.17) is 14.7 Å². The minimum absolute atomic E-state index is 0. The van der Waals surface area contributed by atoms with Gasteiger partial charge in [0.15, 0.2) is 0 Å². The second-order valence-corrected chi connectivity index (χ2v) is 0.805. The van der Waals surface area contributed by atoms with E-state index >= 15 is 0 Å². The molecule has 0 amide bonds. The molecule has 0 heterocycles. The minimum atomic E-state index is -2.62. The molecule has 0 aromatic rings. The molecule has 0 aliphatic rings. The van der Waals surface area contributed by atoms with E-state index in [2.05, 4.69) is 0 Å². The zero-order chi connectivity index (χ0) is 3.58. The van der Waals surface area contributed by atoms with Gasteiger partial charge < -0.3 is 16.1 Å². The Morgan fingerprint density at radius 3 is 1.20 bits per heavy atom. The molecule has 0 atom stereocenters. The van der Waals surface area contributed by atoms with Crippen molar-refractivity contribution < 1.29 is 35.0 Å². The molecule has 3 N–H and O–H groups in total. The third-order valence-electron chi connectivity index (χ3n) is 0. The van der Waals surface area contributed by atoms with Crippen molar-refractivity contribution in [3.8, 4) is 0 Å². The third-order valence-corrected chi connectivity index (χ3v) is 0. The zero-order valence-electron chi connectivity index (χ0n) is 3.79. The van der Waals surface area contributed by atoms with E-state index in [0.717, 1.165) is 0 Å². The van der Waals surface area contributed by atoms with Gasteiger partial charge in [-0.2, -0.15) is 0 Å². The molecule has 5 heavy (non-hydrogen) atoms. The van der Waals surface area contributed by atoms with Crippen LogP contribution < -0.4 is 18.9 Å². The Balaban J connectivity index is -0.0000000450. The fourth-order valence-electron chi connectivity index (χ4n) is 0. The molecule has 0 rings (SSSR count). The first kappa shape index (κ1) is 9.32. The molecule has 0 saturated carbocycles. The molecule has 3 nitrogen and oxygen atoms in total. The van der Waals surface area contributed by atoms with Gasteiger partial charge in [0.05, 0.1) is 0 Å². The normalized spacial score (nSPS) is 7.20. The molecule has 28 valence electrons. The van der Waals surface area contributed by atoms with Crippen LogP contribution in [0, 0.1) is 0 Å². The average molecular weight is 89.9 g/mol. The van der Waals surface area contributed by atoms with Crippen LogP contribution in [0.25, 0.3) is 0 Å². The van der Waals surface area contributed by atoms with Crippen molar-refractivity contribution >= 4 is 8.60 Å². The topological polar surface area (TPSA) is 60.7 Å². The second-order valence-electron chi connectivity index (χ2n) is 0.268. The maximum absolute atomic E-state index is 7.23. The fourth-order valence-corrected chi connectivity index (χ4v) is 0. The Kier molecular flexibility index (Phi) is 9.15. The first-order chi connectivity index (χ1) is 1.73. The Morgan fingerprint density at radius 1 is 1.20 bits per heavy atom. The van der Waals surface area contributed by atoms with Crippen molar-refractivity contribution in [2.24, 2.45) is 0 Å². The van der Waals surface area contributed by atoms with Gasteiger partial charge in [-0.3, -0.25) is 0 Å². The molecular weight excluding hydrogens is 85.9 g/mol. The van der Waals surface area contributed by atoms with Gasteiger partial charge in [-0.25, -0.2) is 0 Å². The molecule has 0 saturated heterocycles. The Morgan fingerprint density at radius 2 is 1.20 bits per heavy atom. The summed E-state index contributed by atoms with van der Waals surface area (Å²) in [6, 6.07) is 0. The molecule has 0 fully saturated rings. The summed E-state index contributed by atoms with van der Waals surface area (Å²) in [6.07, 6.45) is 0. The largest absolute Gasteiger partial charge is 1.00 e. The van der Waals surface area contributed by atoms with Gasteiger partial charge in [-0.1, -0.05) is 0 Å². The molecule has 0 aliphatic carbocycles. The summed E-state index contributed by atoms with van der Waals surface area (Å²) < 4.78 is 0. The van der Waals surface area contributed by atoms with Gasteiger partial charge in [0, 0.05) is 0 Å². The van der Waals surface area contributed by atoms with E-state index in [1.165, 1.54) is 0 Å². The predicted molar refractivity (Wildman–Crippen MR) is 14.7 cm³/mol. The summed E-state index contributed by atoms with van der Waals surface area (Å²) in [5.74, 6) is 0. The van der Waals surface area contributed by atoms with E-state index < -0.39 is 8.60 Å². The van der Waals surface area contributed by atoms with E-state index in [1.54, 1.807) is 0 Å². The molecule has 0 aromatic heterocycles. The minimum Gasteiger partial charge on any atom is -1.00 e. The Hall–Kier alpha value is 0.907. The number of hydrogen-bond donors (Lipinski definition) is 3. The molecule has 0 aromatic carbocycles. The van der Waals surface area contributed by atoms with E-state index in [9.17, 15) is 0 Å². The monoisotopic (exact) mass is 90.0 g/mol. The molecule has 0 aliphatic heterocycles. The van der Waals surface area contributed by atoms with Gasteiger partial charge in [0.25, 0.3) is 0 Å². The van der Waals surface area contributed by atoms with Crippen LogP contribution in [0.3, 0.4) is 0 Å². The van der Waals surface area contributed by atoms with E-state index in [-0.39, 0.29) is 20.3 Å². The van der Waals surface area contributed by atoms with Crippen LogP contribution in [0.2, 0.25) is 0 Å². The summed E-state index contributed by atoms with van der Waals surface area (Å²) in [5, 5.41) is 0. The van der Waals surface area contributed by atoms with E-state index in [0.29, 0.717) is 0 Å². The maximum atomic E-state index is 7.23. The van der Waals surface area contributed by atoms with Crippen LogP contribution in [0.4, 0.5) is 0 Å². The standard InChI is InChI=1S/Li.H3O3P.H/c;1-4(2)3;/h;1-3H;/q+1;;-1. The van der Waals surface area contributed by atoms with Crippen LogP contribution in [0.5, 0.6) is 0 Å². The van der Waals surface area contributed by atoms with Crippen molar-refractivity contribution in [3.63, 3.8) is 0 Å². The molecule has 0 unspecified atom stereocenters. The SMILES string of the molecule is OP(O)O.[H-].[Li+]. The summed E-state index contributed by atoms with van der Waals surface area (Å²) in [6.45, 7) is 0. The summed E-state index contributed by atoms with van der Waals surface area (Å²) in [7, 11) is -2.62. The Bertz CT molecular complexity index is 15.5. The maximum Gasteiger partial charge on any atom is 1.00 e. The number of hydrogen-bond acceptors (Lipinski definition) is 3. The van der Waals surface area contributed by atoms with Gasteiger partial charge in [-0.15, -0.1) is 0 Å². The van der Waals surface area contributed by atoms with Gasteiger partial charge >= 0.3 is 27.5 Å². The van der Waals surface area contributed by atoms with Gasteiger partial charge in [-0.05, 0) is 0 Å². The second kappa shape index (κ2) is 4.91. The van der Waals surface area contributed by atoms with Crippen LogP contribution >= 0.6 is 8.60 Å². The van der Waals surface area contributed by atoms with Crippen molar-refractivity contribution in [3.05, 3.63) is 0 Å². The first-order valence-electron chi connectivity index (χ1n) is 0.600. The summed E-state index contributed by atoms with van der Waals surface area (Å²) in [5.41, 5.74) is 0. The van der Waals surface area contributed by atoms with Crippen molar-refractivity contribution in [1.29, 1.82) is 0 Å². The third kappa shape index (κ3) is 50.4. The van der Waals surface area contributed by atoms with Crippen molar-refractivity contribution in [1.82, 2.24) is 0 Å². The molecule has 0 bridgehead atoms. The molecule has 0 spiro atoms. The molecule has 0 radical (unpaired) electrons. The molecular formula is H4LiO3P. The van der Waals surface area contributed by atoms with Crippen LogP contribution in [0.15, 0.2) is 0 Å². The summed E-state index contributed by atoms with van der Waals surface area (Å²) >= 11 is 0. The zero-order valence-corrected chi connectivity index (χ0v) is 3.68. The summed E-state index contributed by atoms with van der Waals surface area (Å²) in [4.78, 5) is 21.7. The van der Waals surface area contributed by atoms with Gasteiger partial charge in [0.2, 0.25) is 0 Å². The van der Waals surface area contributed by atoms with Crippen molar-refractivity contribution in [2.45, 2.75) is 0 Å². The van der Waals surface area contributed by atoms with E-state index in [1.807, 2.05) is 0 Å². The first-order valence-corrected chi connectivity index (χ1v) is 1.80. The predicted octanol–water partition coefficient (Wildman–Crippen LogP) is -3.69. The van der Waals surface area contributed by atoms with Crippen LogP contribution in [-0.2, 0) is 0 Å².